The summed E-state index contributed by atoms with van der Waals surface area (Å²) in [6, 6.07) is 0. The molecule has 0 unspecified atom stereocenters. The summed E-state index contributed by atoms with van der Waals surface area (Å²) in [5.41, 5.74) is 0.900. The van der Waals surface area contributed by atoms with E-state index in [1.165, 1.54) is 0 Å². The summed E-state index contributed by atoms with van der Waals surface area (Å²) in [5.74, 6) is 0. The molecule has 0 radical (unpaired) electrons. The number of hydrogen-bond donors (Lipinski definition) is 0. The molecule has 2 nitrogen and oxygen atoms in total. The lowest BCUT2D eigenvalue weighted by molar-refractivity contribution is 0.239. The van der Waals surface area contributed by atoms with Crippen LogP contribution < -0.4 is 0 Å². The smallest absolute Gasteiger partial charge is 0.355 e. The van der Waals surface area contributed by atoms with Crippen LogP contribution in [-0.2, 0) is 8.85 Å². The molecule has 0 aliphatic rings. The van der Waals surface area contributed by atoms with E-state index in [0.29, 0.717) is 11.0 Å². The Morgan fingerprint density at radius 3 is 1.70 bits per heavy atom. The Bertz CT molecular complexity index is 85.5. The maximum atomic E-state index is 5.73. The Hall–Kier alpha value is 0.427. The third-order valence-electron chi connectivity index (χ3n) is 1.76. The fourth-order valence-corrected chi connectivity index (χ4v) is 4.03. The summed E-state index contributed by atoms with van der Waals surface area (Å²) in [6.45, 7) is 4.14. The highest BCUT2D eigenvalue weighted by Crippen LogP contribution is 2.22. The van der Waals surface area contributed by atoms with Gasteiger partial charge in [0.1, 0.15) is 0 Å². The van der Waals surface area contributed by atoms with Crippen molar-refractivity contribution in [2.75, 3.05) is 19.7 Å². The van der Waals surface area contributed by atoms with Crippen molar-refractivity contribution in [3.63, 3.8) is 0 Å². The van der Waals surface area contributed by atoms with E-state index in [9.17, 15) is 0 Å². The minimum atomic E-state index is -2.03. The van der Waals surface area contributed by atoms with E-state index in [2.05, 4.69) is 13.8 Å². The molecule has 0 atom stereocenters. The minimum Gasteiger partial charge on any atom is -0.397 e. The van der Waals surface area contributed by atoms with Gasteiger partial charge in [-0.25, -0.2) is 0 Å². The van der Waals surface area contributed by atoms with Gasteiger partial charge in [-0.3, -0.25) is 0 Å². The molecule has 10 heavy (non-hydrogen) atoms. The van der Waals surface area contributed by atoms with Crippen LogP contribution >= 0.6 is 11.6 Å². The molecule has 0 saturated heterocycles. The first-order valence-corrected chi connectivity index (χ1v) is 5.92. The maximum Gasteiger partial charge on any atom is 0.355 e. The van der Waals surface area contributed by atoms with E-state index in [1.54, 1.807) is 14.2 Å². The van der Waals surface area contributed by atoms with Crippen LogP contribution in [0.1, 0.15) is 13.8 Å². The van der Waals surface area contributed by atoms with Gasteiger partial charge in [0.25, 0.3) is 0 Å². The Morgan fingerprint density at radius 1 is 1.30 bits per heavy atom. The first kappa shape index (κ1) is 10.4. The number of halogens is 1. The fourth-order valence-electron chi connectivity index (χ4n) is 0.818. The second-order valence-electron chi connectivity index (χ2n) is 2.51. The van der Waals surface area contributed by atoms with Crippen LogP contribution in [0, 0.1) is 0 Å². The summed E-state index contributed by atoms with van der Waals surface area (Å²) in [4.78, 5) is 0. The van der Waals surface area contributed by atoms with Crippen LogP contribution in [0.4, 0.5) is 0 Å². The fraction of sp³-hybridized carbons (Fsp3) is 1.00. The van der Waals surface area contributed by atoms with Gasteiger partial charge >= 0.3 is 8.56 Å². The maximum absolute atomic E-state index is 5.73. The van der Waals surface area contributed by atoms with Gasteiger partial charge < -0.3 is 8.85 Å². The first-order valence-electron chi connectivity index (χ1n) is 3.29. The van der Waals surface area contributed by atoms with E-state index in [4.69, 9.17) is 20.5 Å². The van der Waals surface area contributed by atoms with Crippen molar-refractivity contribution < 1.29 is 8.85 Å². The van der Waals surface area contributed by atoms with Crippen LogP contribution in [0.2, 0.25) is 5.54 Å². The zero-order chi connectivity index (χ0) is 8.20. The van der Waals surface area contributed by atoms with Crippen molar-refractivity contribution in [2.24, 2.45) is 0 Å². The highest BCUT2D eigenvalue weighted by molar-refractivity contribution is 6.75. The Labute approximate surface area is 68.7 Å². The van der Waals surface area contributed by atoms with Gasteiger partial charge in [0.15, 0.2) is 0 Å². The Balaban J connectivity index is 4.15. The van der Waals surface area contributed by atoms with E-state index in [-0.39, 0.29) is 0 Å². The molecule has 0 N–H and O–H groups in total. The number of hydrogen-bond acceptors (Lipinski definition) is 2. The molecule has 0 rings (SSSR count). The van der Waals surface area contributed by atoms with Gasteiger partial charge in [-0.2, -0.15) is 0 Å². The molecule has 0 aliphatic heterocycles. The van der Waals surface area contributed by atoms with E-state index < -0.39 is 8.56 Å². The largest absolute Gasteiger partial charge is 0.397 e. The monoisotopic (exact) mass is 182 g/mol. The molecule has 0 aromatic carbocycles. The molecular weight excluding hydrogens is 168 g/mol. The number of rotatable bonds is 4. The molecule has 4 heteroatoms. The van der Waals surface area contributed by atoms with Crippen molar-refractivity contribution in [3.8, 4) is 0 Å². The molecule has 0 fully saturated rings. The van der Waals surface area contributed by atoms with E-state index in [1.807, 2.05) is 0 Å². The summed E-state index contributed by atoms with van der Waals surface area (Å²) in [6.07, 6.45) is 0. The summed E-state index contributed by atoms with van der Waals surface area (Å²) in [7, 11) is 1.30. The zero-order valence-corrected chi connectivity index (χ0v) is 8.73. The van der Waals surface area contributed by atoms with E-state index in [0.717, 1.165) is 0 Å². The van der Waals surface area contributed by atoms with Crippen LogP contribution in [0.3, 0.4) is 0 Å². The van der Waals surface area contributed by atoms with Crippen molar-refractivity contribution in [1.82, 2.24) is 0 Å². The highest BCUT2D eigenvalue weighted by Gasteiger charge is 2.38. The average Bonchev–Trinajstić information content (AvgIpc) is 1.92. The summed E-state index contributed by atoms with van der Waals surface area (Å²) >= 11 is 5.73. The van der Waals surface area contributed by atoms with Crippen molar-refractivity contribution >= 4 is 20.2 Å². The average molecular weight is 183 g/mol. The summed E-state index contributed by atoms with van der Waals surface area (Å²) in [5, 5.41) is 0. The van der Waals surface area contributed by atoms with Gasteiger partial charge in [-0.05, 0) is 5.54 Å². The van der Waals surface area contributed by atoms with Crippen LogP contribution in [0.25, 0.3) is 0 Å². The summed E-state index contributed by atoms with van der Waals surface area (Å²) < 4.78 is 10.6. The molecule has 0 bridgehead atoms. The molecule has 0 saturated carbocycles. The molecule has 62 valence electrons. The lowest BCUT2D eigenvalue weighted by atomic mass is 10.6. The predicted octanol–water partition coefficient (Wildman–Crippen LogP) is 1.91. The van der Waals surface area contributed by atoms with E-state index >= 15 is 0 Å². The van der Waals surface area contributed by atoms with Crippen LogP contribution in [0.15, 0.2) is 0 Å². The third-order valence-corrected chi connectivity index (χ3v) is 6.39. The van der Waals surface area contributed by atoms with Crippen LogP contribution in [0.5, 0.6) is 0 Å². The SMILES string of the molecule is CO[Si](CCl)(OC)C(C)C. The van der Waals surface area contributed by atoms with Gasteiger partial charge in [0.05, 0.1) is 5.50 Å². The Morgan fingerprint density at radius 2 is 1.70 bits per heavy atom. The Kier molecular flexibility index (Phi) is 4.52. The molecular formula is C6H15ClO2Si. The van der Waals surface area contributed by atoms with Gasteiger partial charge in [0, 0.05) is 14.2 Å². The normalized spacial score (nSPS) is 12.6. The molecule has 0 aromatic rings. The first-order chi connectivity index (χ1) is 4.63. The minimum absolute atomic E-state index is 0.403. The topological polar surface area (TPSA) is 18.5 Å². The lowest BCUT2D eigenvalue weighted by Crippen LogP contribution is -2.45. The number of alkyl halides is 1. The van der Waals surface area contributed by atoms with Gasteiger partial charge in [-0.1, -0.05) is 13.8 Å². The predicted molar refractivity (Wildman–Crippen MR) is 45.6 cm³/mol. The quantitative estimate of drug-likeness (QED) is 0.489. The third kappa shape index (κ3) is 1.95. The zero-order valence-electron chi connectivity index (χ0n) is 6.98. The highest BCUT2D eigenvalue weighted by atomic mass is 35.5. The standard InChI is InChI=1S/C6H15ClO2Si/c1-6(2)10(5-7,8-3)9-4/h6H,5H2,1-4H3. The van der Waals surface area contributed by atoms with Crippen LogP contribution in [-0.4, -0.2) is 28.3 Å². The van der Waals surface area contributed by atoms with Crippen molar-refractivity contribution in [2.45, 2.75) is 19.4 Å². The lowest BCUT2D eigenvalue weighted by Gasteiger charge is -2.28. The van der Waals surface area contributed by atoms with Gasteiger partial charge in [-0.15, -0.1) is 11.6 Å². The van der Waals surface area contributed by atoms with Gasteiger partial charge in [0.2, 0.25) is 0 Å². The molecule has 0 amide bonds. The molecule has 0 heterocycles. The second kappa shape index (κ2) is 4.33. The molecule has 0 aliphatic carbocycles. The second-order valence-corrected chi connectivity index (χ2v) is 7.17. The molecule has 0 spiro atoms. The van der Waals surface area contributed by atoms with Crippen molar-refractivity contribution in [3.05, 3.63) is 0 Å². The molecule has 0 aromatic heterocycles. The van der Waals surface area contributed by atoms with Crippen molar-refractivity contribution in [1.29, 1.82) is 0 Å².